The molecule has 1 atom stereocenters. The van der Waals surface area contributed by atoms with Crippen molar-refractivity contribution in [1.82, 2.24) is 41.7 Å². The molecule has 2 rings (SSSR count). The third kappa shape index (κ3) is 17.9. The lowest BCUT2D eigenvalue weighted by atomic mass is 10.2. The summed E-state index contributed by atoms with van der Waals surface area (Å²) >= 11 is 0. The molecular weight excluding hydrogens is 696 g/mol. The van der Waals surface area contributed by atoms with Crippen LogP contribution >= 0.6 is 0 Å². The van der Waals surface area contributed by atoms with E-state index in [9.17, 15) is 43.2 Å². The van der Waals surface area contributed by atoms with Crippen molar-refractivity contribution in [3.63, 3.8) is 0 Å². The van der Waals surface area contributed by atoms with Gasteiger partial charge in [0.2, 0.25) is 47.3 Å². The van der Waals surface area contributed by atoms with Gasteiger partial charge in [0.1, 0.15) is 32.4 Å². The van der Waals surface area contributed by atoms with E-state index in [4.69, 9.17) is 9.47 Å². The van der Waals surface area contributed by atoms with Gasteiger partial charge in [-0.3, -0.25) is 43.2 Å². The summed E-state index contributed by atoms with van der Waals surface area (Å²) in [5.41, 5.74) is 0.786. The van der Waals surface area contributed by atoms with E-state index in [1.54, 1.807) is 29.2 Å². The van der Waals surface area contributed by atoms with Crippen LogP contribution in [0.25, 0.3) is 0 Å². The van der Waals surface area contributed by atoms with E-state index in [1.165, 1.54) is 4.90 Å². The van der Waals surface area contributed by atoms with Gasteiger partial charge in [-0.25, -0.2) is 0 Å². The predicted molar refractivity (Wildman–Crippen MR) is 187 cm³/mol. The van der Waals surface area contributed by atoms with Gasteiger partial charge in [-0.05, 0) is 31.2 Å². The highest BCUT2D eigenvalue weighted by molar-refractivity contribution is 5.94. The van der Waals surface area contributed by atoms with Crippen LogP contribution in [0, 0.1) is 0 Å². The van der Waals surface area contributed by atoms with Crippen LogP contribution in [0.1, 0.15) is 45.1 Å². The monoisotopic (exact) mass is 746 g/mol. The third-order valence-electron chi connectivity index (χ3n) is 7.55. The van der Waals surface area contributed by atoms with Gasteiger partial charge in [-0.1, -0.05) is 44.2 Å². The van der Waals surface area contributed by atoms with Gasteiger partial charge in [0, 0.05) is 19.6 Å². The highest BCUT2D eigenvalue weighted by Crippen LogP contribution is 2.17. The van der Waals surface area contributed by atoms with Crippen molar-refractivity contribution in [2.75, 3.05) is 72.1 Å². The van der Waals surface area contributed by atoms with Crippen molar-refractivity contribution in [3.8, 4) is 0 Å². The molecule has 1 aromatic rings. The molecule has 0 radical (unpaired) electrons. The molecule has 0 unspecified atom stereocenters. The summed E-state index contributed by atoms with van der Waals surface area (Å²) in [4.78, 5) is 113. The molecule has 1 saturated heterocycles. The number of likely N-dealkylation sites (tertiary alicyclic amines) is 1. The first kappa shape index (κ1) is 43.6. The van der Waals surface area contributed by atoms with Crippen LogP contribution in [0.15, 0.2) is 30.3 Å². The fourth-order valence-corrected chi connectivity index (χ4v) is 4.92. The second kappa shape index (κ2) is 24.6. The Morgan fingerprint density at radius 3 is 1.79 bits per heavy atom. The van der Waals surface area contributed by atoms with Gasteiger partial charge < -0.3 is 51.2 Å². The number of nitrogens with zero attached hydrogens (tertiary/aromatic N) is 2. The van der Waals surface area contributed by atoms with Gasteiger partial charge in [-0.2, -0.15) is 0 Å². The van der Waals surface area contributed by atoms with Crippen LogP contribution in [0.3, 0.4) is 0 Å². The molecule has 6 N–H and O–H groups in total. The molecule has 292 valence electrons. The zero-order chi connectivity index (χ0) is 39.0. The second-order valence-electron chi connectivity index (χ2n) is 11.9. The number of nitrogens with one attached hydrogen (secondary N) is 6. The summed E-state index contributed by atoms with van der Waals surface area (Å²) in [6.07, 6.45) is 2.43. The molecule has 0 bridgehead atoms. The molecule has 1 heterocycles. The smallest absolute Gasteiger partial charge is 0.325 e. The van der Waals surface area contributed by atoms with E-state index in [0.717, 1.165) is 18.4 Å². The van der Waals surface area contributed by atoms with Crippen LogP contribution in [-0.2, 0) is 59.2 Å². The Morgan fingerprint density at radius 1 is 0.679 bits per heavy atom. The Balaban J connectivity index is 1.59. The number of hydrogen-bond donors (Lipinski definition) is 6. The standard InChI is InChI=1S/C34H50N8O11/c1-3-12-41(13-4-2)32(49)23-52-22-30(47)37-17-26(43)35-15-27(44)38-19-31(48)42-14-8-11-25(42)34(51)40-18-29(46)36-16-28(45)39-20-33(50)53-21-24-9-6-5-7-10-24/h5-7,9-10,25H,3-4,8,11-23H2,1-2H3,(H,35,43)(H,36,46)(H,37,47)(H,38,44)(H,39,45)(H,40,51)/t25-/m0/s1. The number of carbonyl (C=O) groups excluding carboxylic acids is 9. The Labute approximate surface area is 307 Å². The number of carbonyl (C=O) groups is 9. The maximum atomic E-state index is 12.8. The number of esters is 1. The van der Waals surface area contributed by atoms with Crippen molar-refractivity contribution in [2.45, 2.75) is 52.2 Å². The molecular formula is C34H50N8O11. The molecule has 19 nitrogen and oxygen atoms in total. The van der Waals surface area contributed by atoms with E-state index in [1.807, 2.05) is 19.9 Å². The SMILES string of the molecule is CCCN(CCC)C(=O)COCC(=O)NCC(=O)NCC(=O)NCC(=O)N1CCC[C@H]1C(=O)NCC(=O)NCC(=O)NCC(=O)OCc1ccccc1. The van der Waals surface area contributed by atoms with Crippen molar-refractivity contribution in [1.29, 1.82) is 0 Å². The number of hydrogen-bond acceptors (Lipinski definition) is 11. The molecule has 0 spiro atoms. The van der Waals surface area contributed by atoms with Gasteiger partial charge in [0.05, 0.1) is 32.7 Å². The summed E-state index contributed by atoms with van der Waals surface area (Å²) < 4.78 is 10.2. The van der Waals surface area contributed by atoms with E-state index in [0.29, 0.717) is 25.9 Å². The number of benzene rings is 1. The molecule has 53 heavy (non-hydrogen) atoms. The summed E-state index contributed by atoms with van der Waals surface area (Å²) in [5, 5.41) is 14.0. The number of ether oxygens (including phenoxy) is 2. The molecule has 0 aliphatic carbocycles. The van der Waals surface area contributed by atoms with E-state index >= 15 is 0 Å². The van der Waals surface area contributed by atoms with Crippen LogP contribution < -0.4 is 31.9 Å². The fraction of sp³-hybridized carbons (Fsp3) is 0.559. The number of amides is 8. The average Bonchev–Trinajstić information content (AvgIpc) is 3.65. The molecule has 1 aromatic carbocycles. The zero-order valence-corrected chi connectivity index (χ0v) is 30.2. The largest absolute Gasteiger partial charge is 0.460 e. The zero-order valence-electron chi connectivity index (χ0n) is 30.2. The van der Waals surface area contributed by atoms with Crippen molar-refractivity contribution >= 4 is 53.2 Å². The van der Waals surface area contributed by atoms with Gasteiger partial charge >= 0.3 is 5.97 Å². The topological polar surface area (TPSA) is 251 Å². The minimum absolute atomic E-state index is 0.0514. The molecule has 1 aliphatic rings. The minimum atomic E-state index is -0.880. The maximum Gasteiger partial charge on any atom is 0.325 e. The first-order chi connectivity index (χ1) is 25.4. The lowest BCUT2D eigenvalue weighted by Crippen LogP contribution is -2.51. The highest BCUT2D eigenvalue weighted by Gasteiger charge is 2.34. The quantitative estimate of drug-likeness (QED) is 0.0619. The summed E-state index contributed by atoms with van der Waals surface area (Å²) in [6.45, 7) is 2.02. The molecule has 19 heteroatoms. The Hall–Kier alpha value is -5.59. The summed E-state index contributed by atoms with van der Waals surface area (Å²) in [7, 11) is 0. The summed E-state index contributed by atoms with van der Waals surface area (Å²) in [6, 6.07) is 8.10. The van der Waals surface area contributed by atoms with Crippen LogP contribution in [0.2, 0.25) is 0 Å². The van der Waals surface area contributed by atoms with Gasteiger partial charge in [0.15, 0.2) is 0 Å². The summed E-state index contributed by atoms with van der Waals surface area (Å²) in [5.74, 6) is -5.33. The molecule has 0 saturated carbocycles. The maximum absolute atomic E-state index is 12.8. The molecule has 1 aliphatic heterocycles. The van der Waals surface area contributed by atoms with E-state index < -0.39 is 99.2 Å². The Morgan fingerprint density at radius 2 is 1.21 bits per heavy atom. The Bertz CT molecular complexity index is 1420. The van der Waals surface area contributed by atoms with Crippen LogP contribution in [0.4, 0.5) is 0 Å². The van der Waals surface area contributed by atoms with Crippen LogP contribution in [-0.4, -0.2) is 141 Å². The van der Waals surface area contributed by atoms with Crippen LogP contribution in [0.5, 0.6) is 0 Å². The number of rotatable bonds is 23. The third-order valence-corrected chi connectivity index (χ3v) is 7.55. The lowest BCUT2D eigenvalue weighted by Gasteiger charge is -2.24. The van der Waals surface area contributed by atoms with E-state index in [-0.39, 0.29) is 25.7 Å². The Kier molecular flexibility index (Phi) is 20.2. The molecule has 8 amide bonds. The predicted octanol–water partition coefficient (Wildman–Crippen LogP) is -2.92. The van der Waals surface area contributed by atoms with Gasteiger partial charge in [0.25, 0.3) is 0 Å². The first-order valence-electron chi connectivity index (χ1n) is 17.4. The fourth-order valence-electron chi connectivity index (χ4n) is 4.92. The normalized spacial score (nSPS) is 13.2. The average molecular weight is 747 g/mol. The van der Waals surface area contributed by atoms with E-state index in [2.05, 4.69) is 31.9 Å². The first-order valence-corrected chi connectivity index (χ1v) is 17.4. The van der Waals surface area contributed by atoms with Crippen molar-refractivity contribution in [2.24, 2.45) is 0 Å². The van der Waals surface area contributed by atoms with Crippen molar-refractivity contribution in [3.05, 3.63) is 35.9 Å². The lowest BCUT2D eigenvalue weighted by molar-refractivity contribution is -0.145. The minimum Gasteiger partial charge on any atom is -0.460 e. The van der Waals surface area contributed by atoms with Crippen molar-refractivity contribution < 1.29 is 52.6 Å². The van der Waals surface area contributed by atoms with Gasteiger partial charge in [-0.15, -0.1) is 0 Å². The molecule has 0 aromatic heterocycles. The highest BCUT2D eigenvalue weighted by atomic mass is 16.5. The molecule has 1 fully saturated rings. The second-order valence-corrected chi connectivity index (χ2v) is 11.9.